The molecule has 0 aliphatic carbocycles. The van der Waals surface area contributed by atoms with Crippen molar-refractivity contribution in [1.29, 1.82) is 0 Å². The van der Waals surface area contributed by atoms with E-state index in [4.69, 9.17) is 4.74 Å². The molecule has 0 saturated heterocycles. The quantitative estimate of drug-likeness (QED) is 0.166. The van der Waals surface area contributed by atoms with E-state index in [1.165, 1.54) is 97.3 Å². The molecule has 1 aliphatic rings. The molecule has 0 amide bonds. The zero-order valence-electron chi connectivity index (χ0n) is 38.3. The summed E-state index contributed by atoms with van der Waals surface area (Å²) < 4.78 is 13.7. The van der Waals surface area contributed by atoms with Crippen molar-refractivity contribution in [3.8, 4) is 56.3 Å². The van der Waals surface area contributed by atoms with E-state index in [0.29, 0.717) is 0 Å². The molecule has 1 aliphatic heterocycles. The maximum atomic E-state index is 6.34. The number of para-hydroxylation sites is 7. The second-order valence-electron chi connectivity index (χ2n) is 18.5. The highest BCUT2D eigenvalue weighted by Gasteiger charge is 2.26. The molecule has 0 N–H and O–H groups in total. The molecule has 4 heterocycles. The molecule has 4 nitrogen and oxygen atoms in total. The lowest BCUT2D eigenvalue weighted by molar-refractivity contribution is 0.477. The molecule has 71 heavy (non-hydrogen) atoms. The summed E-state index contributed by atoms with van der Waals surface area (Å²) in [6, 6.07) is 90.4. The van der Waals surface area contributed by atoms with Crippen LogP contribution in [0.4, 0.5) is 17.1 Å². The Morgan fingerprint density at radius 2 is 0.831 bits per heavy atom. The van der Waals surface area contributed by atoms with Gasteiger partial charge >= 0.3 is 0 Å². The van der Waals surface area contributed by atoms with Gasteiger partial charge in [0.25, 0.3) is 0 Å². The zero-order valence-corrected chi connectivity index (χ0v) is 39.1. The first-order valence-electron chi connectivity index (χ1n) is 24.1. The molecule has 0 radical (unpaired) electrons. The van der Waals surface area contributed by atoms with Crippen LogP contribution in [-0.2, 0) is 0 Å². The number of nitrogens with zero attached hydrogens (tertiary/aromatic N) is 3. The minimum Gasteiger partial charge on any atom is -0.453 e. The Balaban J connectivity index is 0.804. The van der Waals surface area contributed by atoms with Crippen molar-refractivity contribution in [2.75, 3.05) is 4.90 Å². The van der Waals surface area contributed by atoms with Gasteiger partial charge in [0.15, 0.2) is 11.5 Å². The Labute approximate surface area is 413 Å². The van der Waals surface area contributed by atoms with Gasteiger partial charge < -0.3 is 18.8 Å². The molecule has 332 valence electrons. The largest absolute Gasteiger partial charge is 0.453 e. The van der Waals surface area contributed by atoms with Crippen LogP contribution < -0.4 is 9.64 Å². The summed E-state index contributed by atoms with van der Waals surface area (Å²) in [5.41, 5.74) is 17.5. The first-order valence-corrected chi connectivity index (χ1v) is 25.0. The average molecular weight is 924 g/mol. The SMILES string of the molecule is c1ccc(-n2c3ccccc3c3cc(-c4cccc(-c5cccc6sc7cc(-n8c9ccccc9c9cc(-c%10cccc(N%11c%12ccccc%12Oc%12ccccc%12%11)c%10)ccc98)ccc7c56)c4)ccc32)cc1. The third kappa shape index (κ3) is 6.23. The molecule has 14 aromatic rings. The number of aromatic nitrogens is 2. The predicted molar refractivity (Wildman–Crippen MR) is 299 cm³/mol. The van der Waals surface area contributed by atoms with E-state index < -0.39 is 0 Å². The molecule has 3 aromatic heterocycles. The third-order valence-corrected chi connectivity index (χ3v) is 15.6. The maximum absolute atomic E-state index is 6.34. The normalized spacial score (nSPS) is 12.3. The number of fused-ring (bicyclic) bond motifs is 11. The standard InChI is InChI=1S/C66H41N3OS/c1-2-18-47(19-3-1)67-56-24-6-4-21-51(56)54-39-44(31-35-58(54)67)42-15-12-17-46(37-42)50-23-14-30-64-66(50)53-34-33-49(41-65(53)71-64)68-57-25-7-5-22-52(57)55-40-45(32-36-59(55)68)43-16-13-20-48(38-43)69-60-26-8-10-28-62(60)70-63-29-11-9-27-61(63)69/h1-41H. The lowest BCUT2D eigenvalue weighted by Gasteiger charge is -2.33. The van der Waals surface area contributed by atoms with Gasteiger partial charge in [0, 0.05) is 58.8 Å². The Hall–Kier alpha value is -9.16. The Bertz CT molecular complexity index is 4420. The van der Waals surface area contributed by atoms with Crippen molar-refractivity contribution in [3.05, 3.63) is 249 Å². The van der Waals surface area contributed by atoms with Gasteiger partial charge in [-0.1, -0.05) is 140 Å². The number of rotatable bonds is 6. The minimum atomic E-state index is 0.847. The monoisotopic (exact) mass is 923 g/mol. The molecule has 0 atom stereocenters. The topological polar surface area (TPSA) is 22.3 Å². The van der Waals surface area contributed by atoms with Gasteiger partial charge in [0.05, 0.1) is 33.4 Å². The Morgan fingerprint density at radius 1 is 0.296 bits per heavy atom. The summed E-state index contributed by atoms with van der Waals surface area (Å²) in [5, 5.41) is 7.55. The van der Waals surface area contributed by atoms with Gasteiger partial charge in [0.2, 0.25) is 0 Å². The van der Waals surface area contributed by atoms with Crippen molar-refractivity contribution in [2.24, 2.45) is 0 Å². The second-order valence-corrected chi connectivity index (χ2v) is 19.6. The number of anilines is 3. The van der Waals surface area contributed by atoms with Crippen LogP contribution >= 0.6 is 11.3 Å². The smallest absolute Gasteiger partial charge is 0.151 e. The minimum absolute atomic E-state index is 0.847. The fourth-order valence-corrected chi connectivity index (χ4v) is 12.5. The first kappa shape index (κ1) is 39.8. The molecule has 0 bridgehead atoms. The molecular formula is C66H41N3OS. The van der Waals surface area contributed by atoms with E-state index in [1.54, 1.807) is 0 Å². The maximum Gasteiger partial charge on any atom is 0.151 e. The van der Waals surface area contributed by atoms with E-state index >= 15 is 0 Å². The number of thiophene rings is 1. The molecule has 0 unspecified atom stereocenters. The van der Waals surface area contributed by atoms with Crippen molar-refractivity contribution < 1.29 is 4.74 Å². The van der Waals surface area contributed by atoms with E-state index in [-0.39, 0.29) is 0 Å². The molecule has 5 heteroatoms. The second kappa shape index (κ2) is 15.7. The highest BCUT2D eigenvalue weighted by atomic mass is 32.1. The van der Waals surface area contributed by atoms with Gasteiger partial charge in [-0.05, 0) is 143 Å². The van der Waals surface area contributed by atoms with Crippen LogP contribution in [-0.4, -0.2) is 9.13 Å². The number of hydrogen-bond acceptors (Lipinski definition) is 3. The van der Waals surface area contributed by atoms with Gasteiger partial charge in [0.1, 0.15) is 0 Å². The highest BCUT2D eigenvalue weighted by Crippen LogP contribution is 2.51. The number of benzene rings is 11. The fourth-order valence-electron chi connectivity index (χ4n) is 11.3. The first-order chi connectivity index (χ1) is 35.2. The molecule has 0 fully saturated rings. The summed E-state index contributed by atoms with van der Waals surface area (Å²) in [6.07, 6.45) is 0. The van der Waals surface area contributed by atoms with Crippen molar-refractivity contribution in [2.45, 2.75) is 0 Å². The van der Waals surface area contributed by atoms with Crippen LogP contribution in [0.5, 0.6) is 11.5 Å². The third-order valence-electron chi connectivity index (χ3n) is 14.5. The summed E-state index contributed by atoms with van der Waals surface area (Å²) in [5.74, 6) is 1.69. The van der Waals surface area contributed by atoms with Crippen molar-refractivity contribution in [1.82, 2.24) is 9.13 Å². The molecule has 0 spiro atoms. The van der Waals surface area contributed by atoms with Crippen molar-refractivity contribution >= 4 is 92.2 Å². The average Bonchev–Trinajstić information content (AvgIpc) is 4.09. The lowest BCUT2D eigenvalue weighted by Crippen LogP contribution is -2.15. The Morgan fingerprint density at radius 3 is 1.54 bits per heavy atom. The van der Waals surface area contributed by atoms with Gasteiger partial charge in [-0.3, -0.25) is 0 Å². The number of hydrogen-bond donors (Lipinski definition) is 0. The van der Waals surface area contributed by atoms with Crippen LogP contribution in [0.3, 0.4) is 0 Å². The van der Waals surface area contributed by atoms with Crippen LogP contribution in [0, 0.1) is 0 Å². The van der Waals surface area contributed by atoms with Gasteiger partial charge in [-0.15, -0.1) is 11.3 Å². The molecular weight excluding hydrogens is 883 g/mol. The summed E-state index contributed by atoms with van der Waals surface area (Å²) in [6.45, 7) is 0. The van der Waals surface area contributed by atoms with E-state index in [1.807, 2.05) is 35.6 Å². The van der Waals surface area contributed by atoms with Crippen LogP contribution in [0.1, 0.15) is 0 Å². The van der Waals surface area contributed by atoms with Gasteiger partial charge in [-0.2, -0.15) is 0 Å². The van der Waals surface area contributed by atoms with E-state index in [0.717, 1.165) is 39.8 Å². The molecule has 11 aromatic carbocycles. The van der Waals surface area contributed by atoms with Crippen LogP contribution in [0.2, 0.25) is 0 Å². The summed E-state index contributed by atoms with van der Waals surface area (Å²) >= 11 is 1.87. The summed E-state index contributed by atoms with van der Waals surface area (Å²) in [4.78, 5) is 2.31. The summed E-state index contributed by atoms with van der Waals surface area (Å²) in [7, 11) is 0. The molecule has 15 rings (SSSR count). The molecule has 0 saturated carbocycles. The lowest BCUT2D eigenvalue weighted by atomic mass is 9.95. The van der Waals surface area contributed by atoms with Crippen LogP contribution in [0.15, 0.2) is 249 Å². The Kier molecular flexibility index (Phi) is 8.79. The predicted octanol–water partition coefficient (Wildman–Crippen LogP) is 18.8. The van der Waals surface area contributed by atoms with E-state index in [2.05, 4.69) is 238 Å². The van der Waals surface area contributed by atoms with E-state index in [9.17, 15) is 0 Å². The van der Waals surface area contributed by atoms with Crippen molar-refractivity contribution in [3.63, 3.8) is 0 Å². The highest BCUT2D eigenvalue weighted by molar-refractivity contribution is 7.26. The van der Waals surface area contributed by atoms with Gasteiger partial charge in [-0.25, -0.2) is 0 Å². The zero-order chi connectivity index (χ0) is 46.6. The number of ether oxygens (including phenoxy) is 1. The van der Waals surface area contributed by atoms with Crippen LogP contribution in [0.25, 0.3) is 109 Å². The fraction of sp³-hybridized carbons (Fsp3) is 0.